The minimum absolute atomic E-state index is 0.656. The third-order valence-corrected chi connectivity index (χ3v) is 12.2. The highest BCUT2D eigenvalue weighted by molar-refractivity contribution is 6.15. The van der Waals surface area contributed by atoms with E-state index in [9.17, 15) is 0 Å². The fourth-order valence-electron chi connectivity index (χ4n) is 9.43. The van der Waals surface area contributed by atoms with Crippen LogP contribution in [0.15, 0.2) is 224 Å². The quantitative estimate of drug-likeness (QED) is 0.153. The van der Waals surface area contributed by atoms with E-state index in [1.807, 2.05) is 37.3 Å². The molecular formula is C58H40N6. The molecule has 0 N–H and O–H groups in total. The van der Waals surface area contributed by atoms with Crippen LogP contribution in [0, 0.1) is 6.92 Å². The number of rotatable bonds is 8. The van der Waals surface area contributed by atoms with Crippen molar-refractivity contribution in [2.75, 3.05) is 4.90 Å². The summed E-state index contributed by atoms with van der Waals surface area (Å²) in [5.41, 5.74) is 14.3. The van der Waals surface area contributed by atoms with E-state index in [0.717, 1.165) is 67.2 Å². The number of hydrogen-bond acceptors (Lipinski definition) is 4. The van der Waals surface area contributed by atoms with Crippen molar-refractivity contribution in [2.24, 2.45) is 0 Å². The molecule has 0 aliphatic carbocycles. The zero-order valence-corrected chi connectivity index (χ0v) is 35.0. The molecule has 0 unspecified atom stereocenters. The lowest BCUT2D eigenvalue weighted by Crippen LogP contribution is -2.11. The summed E-state index contributed by atoms with van der Waals surface area (Å²) in [6.45, 7) is 1.92. The highest BCUT2D eigenvalue weighted by Gasteiger charge is 2.22. The normalized spacial score (nSPS) is 11.5. The van der Waals surface area contributed by atoms with Gasteiger partial charge in [-0.3, -0.25) is 0 Å². The van der Waals surface area contributed by atoms with E-state index >= 15 is 0 Å². The first-order valence-electron chi connectivity index (χ1n) is 21.6. The Bertz CT molecular complexity index is 3650. The summed E-state index contributed by atoms with van der Waals surface area (Å²) in [5, 5.41) is 4.84. The Morgan fingerprint density at radius 3 is 1.47 bits per heavy atom. The van der Waals surface area contributed by atoms with Crippen molar-refractivity contribution >= 4 is 60.7 Å². The summed E-state index contributed by atoms with van der Waals surface area (Å²) in [7, 11) is 0. The molecule has 3 heterocycles. The van der Waals surface area contributed by atoms with Gasteiger partial charge in [0.2, 0.25) is 0 Å². The van der Waals surface area contributed by atoms with E-state index in [-0.39, 0.29) is 0 Å². The SMILES string of the molecule is Cc1nc(-c2ccccc2)nc(-c2ccc(-n3c4ccccc4c4cccc(-c5ccc(N(c6ccccc6)c6cccc7c8ccccc8n(-c8ccccc8)c67)cc5)c43)cc2)n1. The summed E-state index contributed by atoms with van der Waals surface area (Å²) in [4.78, 5) is 16.7. The highest BCUT2D eigenvalue weighted by atomic mass is 15.2. The lowest BCUT2D eigenvalue weighted by Gasteiger charge is -2.27. The van der Waals surface area contributed by atoms with E-state index in [2.05, 4.69) is 213 Å². The smallest absolute Gasteiger partial charge is 0.163 e. The molecule has 302 valence electrons. The number of fused-ring (bicyclic) bond motifs is 6. The van der Waals surface area contributed by atoms with Gasteiger partial charge in [-0.25, -0.2) is 15.0 Å². The fourth-order valence-corrected chi connectivity index (χ4v) is 9.43. The fraction of sp³-hybridized carbons (Fsp3) is 0.0172. The zero-order valence-electron chi connectivity index (χ0n) is 35.0. The molecule has 12 rings (SSSR count). The van der Waals surface area contributed by atoms with E-state index in [1.165, 1.54) is 27.1 Å². The van der Waals surface area contributed by atoms with Crippen molar-refractivity contribution in [3.05, 3.63) is 230 Å². The first-order chi connectivity index (χ1) is 31.7. The van der Waals surface area contributed by atoms with Crippen molar-refractivity contribution in [2.45, 2.75) is 6.92 Å². The van der Waals surface area contributed by atoms with Crippen molar-refractivity contribution < 1.29 is 0 Å². The highest BCUT2D eigenvalue weighted by Crippen LogP contribution is 2.44. The number of hydrogen-bond donors (Lipinski definition) is 0. The molecule has 0 aliphatic heterocycles. The number of aryl methyl sites for hydroxylation is 1. The van der Waals surface area contributed by atoms with Crippen molar-refractivity contribution in [3.8, 4) is 45.3 Å². The van der Waals surface area contributed by atoms with Crippen LogP contribution in [0.1, 0.15) is 5.82 Å². The molecule has 0 spiro atoms. The van der Waals surface area contributed by atoms with Gasteiger partial charge in [0, 0.05) is 61.0 Å². The largest absolute Gasteiger partial charge is 0.309 e. The minimum atomic E-state index is 0.656. The molecule has 12 aromatic rings. The van der Waals surface area contributed by atoms with Crippen LogP contribution in [-0.2, 0) is 0 Å². The van der Waals surface area contributed by atoms with Crippen LogP contribution in [0.25, 0.3) is 88.9 Å². The van der Waals surface area contributed by atoms with Gasteiger partial charge in [-0.1, -0.05) is 146 Å². The molecule has 0 bridgehead atoms. The third kappa shape index (κ3) is 6.23. The average Bonchev–Trinajstić information content (AvgIpc) is 3.89. The minimum Gasteiger partial charge on any atom is -0.309 e. The molecule has 9 aromatic carbocycles. The second kappa shape index (κ2) is 15.4. The van der Waals surface area contributed by atoms with Gasteiger partial charge in [-0.05, 0) is 91.3 Å². The molecular weight excluding hydrogens is 781 g/mol. The third-order valence-electron chi connectivity index (χ3n) is 12.2. The number of anilines is 3. The van der Waals surface area contributed by atoms with Crippen LogP contribution >= 0.6 is 0 Å². The summed E-state index contributed by atoms with van der Waals surface area (Å²) in [5.74, 6) is 2.01. The standard InChI is InChI=1S/C58H40N6/c1-39-59-57(41-17-5-2-6-18-41)61-58(60-39)42-33-37-46(38-34-42)63-52-28-13-11-23-48(52)50-26-15-25-47(55(50)63)40-31-35-45(36-32-40)62(43-19-7-3-8-20-43)54-30-16-27-51-49-24-12-14-29-53(49)64(56(51)54)44-21-9-4-10-22-44/h2-38H,1H3. The van der Waals surface area contributed by atoms with Gasteiger partial charge >= 0.3 is 0 Å². The molecule has 64 heavy (non-hydrogen) atoms. The Kier molecular flexibility index (Phi) is 8.94. The molecule has 0 saturated carbocycles. The van der Waals surface area contributed by atoms with E-state index in [4.69, 9.17) is 9.97 Å². The van der Waals surface area contributed by atoms with Crippen LogP contribution in [-0.4, -0.2) is 24.1 Å². The number of nitrogens with zero attached hydrogens (tertiary/aromatic N) is 6. The molecule has 0 atom stereocenters. The summed E-state index contributed by atoms with van der Waals surface area (Å²) in [6, 6.07) is 79.8. The van der Waals surface area contributed by atoms with E-state index in [0.29, 0.717) is 17.5 Å². The van der Waals surface area contributed by atoms with Gasteiger partial charge in [0.1, 0.15) is 5.82 Å². The lowest BCUT2D eigenvalue weighted by molar-refractivity contribution is 0.991. The molecule has 6 heteroatoms. The van der Waals surface area contributed by atoms with Crippen LogP contribution in [0.4, 0.5) is 17.1 Å². The Labute approximate surface area is 370 Å². The van der Waals surface area contributed by atoms with Crippen LogP contribution < -0.4 is 4.90 Å². The Balaban J connectivity index is 0.990. The topological polar surface area (TPSA) is 51.8 Å². The average molecular weight is 821 g/mol. The predicted octanol–water partition coefficient (Wildman–Crippen LogP) is 14.8. The Morgan fingerprint density at radius 2 is 0.812 bits per heavy atom. The van der Waals surface area contributed by atoms with E-state index < -0.39 is 0 Å². The van der Waals surface area contributed by atoms with Gasteiger partial charge < -0.3 is 14.0 Å². The predicted molar refractivity (Wildman–Crippen MR) is 264 cm³/mol. The monoisotopic (exact) mass is 820 g/mol. The molecule has 3 aromatic heterocycles. The van der Waals surface area contributed by atoms with Gasteiger partial charge in [-0.2, -0.15) is 0 Å². The van der Waals surface area contributed by atoms with Gasteiger partial charge in [0.25, 0.3) is 0 Å². The maximum absolute atomic E-state index is 4.89. The Morgan fingerprint density at radius 1 is 0.344 bits per heavy atom. The maximum atomic E-state index is 4.89. The Hall–Kier alpha value is -8.61. The van der Waals surface area contributed by atoms with Crippen molar-refractivity contribution in [1.29, 1.82) is 0 Å². The van der Waals surface area contributed by atoms with Crippen molar-refractivity contribution in [1.82, 2.24) is 24.1 Å². The van der Waals surface area contributed by atoms with Crippen molar-refractivity contribution in [3.63, 3.8) is 0 Å². The molecule has 6 nitrogen and oxygen atoms in total. The molecule has 0 radical (unpaired) electrons. The number of para-hydroxylation sites is 6. The summed E-state index contributed by atoms with van der Waals surface area (Å²) in [6.07, 6.45) is 0. The zero-order chi connectivity index (χ0) is 42.6. The molecule has 0 saturated heterocycles. The second-order valence-corrected chi connectivity index (χ2v) is 16.1. The maximum Gasteiger partial charge on any atom is 0.163 e. The van der Waals surface area contributed by atoms with Gasteiger partial charge in [0.05, 0.1) is 27.8 Å². The first-order valence-corrected chi connectivity index (χ1v) is 21.6. The first kappa shape index (κ1) is 37.2. The number of benzene rings is 9. The molecule has 0 amide bonds. The molecule has 0 fully saturated rings. The summed E-state index contributed by atoms with van der Waals surface area (Å²) < 4.78 is 4.80. The van der Waals surface area contributed by atoms with Gasteiger partial charge in [0.15, 0.2) is 11.6 Å². The second-order valence-electron chi connectivity index (χ2n) is 16.1. The van der Waals surface area contributed by atoms with Crippen LogP contribution in [0.3, 0.4) is 0 Å². The van der Waals surface area contributed by atoms with Crippen LogP contribution in [0.2, 0.25) is 0 Å². The molecule has 0 aliphatic rings. The van der Waals surface area contributed by atoms with E-state index in [1.54, 1.807) is 0 Å². The van der Waals surface area contributed by atoms with Gasteiger partial charge in [-0.15, -0.1) is 0 Å². The van der Waals surface area contributed by atoms with Crippen LogP contribution in [0.5, 0.6) is 0 Å². The number of aromatic nitrogens is 5. The summed E-state index contributed by atoms with van der Waals surface area (Å²) >= 11 is 0. The lowest BCUT2D eigenvalue weighted by atomic mass is 10.0.